The zero-order valence-electron chi connectivity index (χ0n) is 8.04. The van der Waals surface area contributed by atoms with Crippen molar-refractivity contribution in [1.29, 1.82) is 5.26 Å². The van der Waals surface area contributed by atoms with Gasteiger partial charge in [0.25, 0.3) is 0 Å². The molecule has 0 N–H and O–H groups in total. The fraction of sp³-hybridized carbons (Fsp3) is 0.778. The second-order valence-electron chi connectivity index (χ2n) is 3.85. The van der Waals surface area contributed by atoms with E-state index in [1.54, 1.807) is 4.90 Å². The van der Waals surface area contributed by atoms with Gasteiger partial charge in [-0.15, -0.1) is 0 Å². The normalized spacial score (nSPS) is 17.0. The van der Waals surface area contributed by atoms with E-state index < -0.39 is 0 Å². The van der Waals surface area contributed by atoms with Crippen molar-refractivity contribution in [1.82, 2.24) is 4.90 Å². The molecule has 0 atom stereocenters. The van der Waals surface area contributed by atoms with Crippen molar-refractivity contribution < 1.29 is 9.53 Å². The predicted molar refractivity (Wildman–Crippen MR) is 46.9 cm³/mol. The van der Waals surface area contributed by atoms with Crippen molar-refractivity contribution in [3.63, 3.8) is 0 Å². The van der Waals surface area contributed by atoms with Crippen LogP contribution in [0.4, 0.5) is 4.79 Å². The molecule has 0 aromatic rings. The van der Waals surface area contributed by atoms with Crippen LogP contribution in [-0.2, 0) is 4.74 Å². The molecule has 72 valence electrons. The van der Waals surface area contributed by atoms with Gasteiger partial charge in [0.2, 0.25) is 0 Å². The molecule has 1 saturated heterocycles. The first-order valence-electron chi connectivity index (χ1n) is 4.38. The van der Waals surface area contributed by atoms with Crippen molar-refractivity contribution in [3.8, 4) is 6.07 Å². The lowest BCUT2D eigenvalue weighted by molar-refractivity contribution is 0.156. The summed E-state index contributed by atoms with van der Waals surface area (Å²) in [6.07, 6.45) is 0.437. The average Bonchev–Trinajstić information content (AvgIpc) is 2.48. The van der Waals surface area contributed by atoms with E-state index in [1.165, 1.54) is 0 Å². The number of carbonyl (C=O) groups excluding carboxylic acids is 1. The third-order valence-corrected chi connectivity index (χ3v) is 2.15. The largest absolute Gasteiger partial charge is 0.448 e. The van der Waals surface area contributed by atoms with Gasteiger partial charge in [-0.2, -0.15) is 5.26 Å². The zero-order valence-corrected chi connectivity index (χ0v) is 8.04. The van der Waals surface area contributed by atoms with Gasteiger partial charge in [-0.1, -0.05) is 0 Å². The van der Waals surface area contributed by atoms with Crippen LogP contribution in [-0.4, -0.2) is 30.7 Å². The Morgan fingerprint density at radius 2 is 2.38 bits per heavy atom. The molecular weight excluding hydrogens is 168 g/mol. The molecule has 1 aliphatic heterocycles. The van der Waals surface area contributed by atoms with Gasteiger partial charge in [0, 0.05) is 6.54 Å². The molecule has 0 saturated carbocycles. The Hall–Kier alpha value is -1.24. The minimum Gasteiger partial charge on any atom is -0.448 e. The fourth-order valence-corrected chi connectivity index (χ4v) is 1.10. The maximum absolute atomic E-state index is 11.0. The summed E-state index contributed by atoms with van der Waals surface area (Å²) in [5, 5.41) is 8.75. The number of hydrogen-bond donors (Lipinski definition) is 0. The summed E-state index contributed by atoms with van der Waals surface area (Å²) < 4.78 is 4.77. The first-order valence-corrected chi connectivity index (χ1v) is 4.38. The smallest absolute Gasteiger partial charge is 0.409 e. The SMILES string of the molecule is CC(C)(C#N)CCN1CCOC1=O. The summed E-state index contributed by atoms with van der Waals surface area (Å²) in [6, 6.07) is 2.20. The third-order valence-electron chi connectivity index (χ3n) is 2.15. The maximum atomic E-state index is 11.0. The molecule has 1 heterocycles. The maximum Gasteiger partial charge on any atom is 0.409 e. The Morgan fingerprint density at radius 1 is 1.69 bits per heavy atom. The molecule has 4 heteroatoms. The van der Waals surface area contributed by atoms with Crippen LogP contribution in [0.5, 0.6) is 0 Å². The van der Waals surface area contributed by atoms with E-state index in [1.807, 2.05) is 13.8 Å². The van der Waals surface area contributed by atoms with Crippen LogP contribution in [0.2, 0.25) is 0 Å². The van der Waals surface area contributed by atoms with E-state index in [2.05, 4.69) is 6.07 Å². The highest BCUT2D eigenvalue weighted by molar-refractivity contribution is 5.69. The van der Waals surface area contributed by atoms with Crippen LogP contribution in [0.25, 0.3) is 0 Å². The monoisotopic (exact) mass is 182 g/mol. The summed E-state index contributed by atoms with van der Waals surface area (Å²) in [4.78, 5) is 12.6. The van der Waals surface area contributed by atoms with Gasteiger partial charge in [-0.3, -0.25) is 0 Å². The van der Waals surface area contributed by atoms with Crippen LogP contribution < -0.4 is 0 Å². The summed E-state index contributed by atoms with van der Waals surface area (Å²) >= 11 is 0. The highest BCUT2D eigenvalue weighted by Gasteiger charge is 2.25. The molecular formula is C9H14N2O2. The number of hydrogen-bond acceptors (Lipinski definition) is 3. The summed E-state index contributed by atoms with van der Waals surface area (Å²) in [6.45, 7) is 5.48. The molecule has 1 aliphatic rings. The molecule has 13 heavy (non-hydrogen) atoms. The van der Waals surface area contributed by atoms with Crippen molar-refractivity contribution in [3.05, 3.63) is 0 Å². The number of cyclic esters (lactones) is 1. The molecule has 1 rings (SSSR count). The summed E-state index contributed by atoms with van der Waals surface area (Å²) in [5.74, 6) is 0. The van der Waals surface area contributed by atoms with E-state index in [4.69, 9.17) is 10.00 Å². The first-order chi connectivity index (χ1) is 6.05. The molecule has 0 bridgehead atoms. The second-order valence-corrected chi connectivity index (χ2v) is 3.85. The van der Waals surface area contributed by atoms with Crippen molar-refractivity contribution in [2.75, 3.05) is 19.7 Å². The first kappa shape index (κ1) is 9.85. The lowest BCUT2D eigenvalue weighted by Crippen LogP contribution is -2.28. The number of nitriles is 1. The van der Waals surface area contributed by atoms with E-state index in [9.17, 15) is 4.79 Å². The fourth-order valence-electron chi connectivity index (χ4n) is 1.10. The van der Waals surface area contributed by atoms with Gasteiger partial charge >= 0.3 is 6.09 Å². The standard InChI is InChI=1S/C9H14N2O2/c1-9(2,7-10)3-4-11-5-6-13-8(11)12/h3-6H2,1-2H3. The highest BCUT2D eigenvalue weighted by atomic mass is 16.6. The molecule has 0 spiro atoms. The third kappa shape index (κ3) is 2.62. The molecule has 1 amide bonds. The van der Waals surface area contributed by atoms with Crippen LogP contribution >= 0.6 is 0 Å². The Kier molecular flexibility index (Phi) is 2.76. The number of ether oxygens (including phenoxy) is 1. The quantitative estimate of drug-likeness (QED) is 0.662. The summed E-state index contributed by atoms with van der Waals surface area (Å²) in [5.41, 5.74) is -0.358. The van der Waals surface area contributed by atoms with E-state index in [0.717, 1.165) is 0 Å². The van der Waals surface area contributed by atoms with E-state index in [0.29, 0.717) is 26.1 Å². The Balaban J connectivity index is 2.35. The van der Waals surface area contributed by atoms with Gasteiger partial charge in [0.15, 0.2) is 0 Å². The van der Waals surface area contributed by atoms with Gasteiger partial charge < -0.3 is 9.64 Å². The lowest BCUT2D eigenvalue weighted by Gasteiger charge is -2.18. The van der Waals surface area contributed by atoms with Crippen molar-refractivity contribution >= 4 is 6.09 Å². The number of rotatable bonds is 3. The molecule has 0 aliphatic carbocycles. The Bertz CT molecular complexity index is 242. The Labute approximate surface area is 78.1 Å². The molecule has 0 unspecified atom stereocenters. The second kappa shape index (κ2) is 3.65. The van der Waals surface area contributed by atoms with Crippen LogP contribution in [0.1, 0.15) is 20.3 Å². The van der Waals surface area contributed by atoms with Crippen molar-refractivity contribution in [2.24, 2.45) is 5.41 Å². The molecule has 1 fully saturated rings. The topological polar surface area (TPSA) is 53.3 Å². The molecule has 0 aromatic heterocycles. The van der Waals surface area contributed by atoms with E-state index >= 15 is 0 Å². The minimum absolute atomic E-state index is 0.256. The molecule has 0 aromatic carbocycles. The van der Waals surface area contributed by atoms with Gasteiger partial charge in [-0.25, -0.2) is 4.79 Å². The predicted octanol–water partition coefficient (Wildman–Crippen LogP) is 1.38. The van der Waals surface area contributed by atoms with Crippen LogP contribution in [0.15, 0.2) is 0 Å². The van der Waals surface area contributed by atoms with Crippen molar-refractivity contribution in [2.45, 2.75) is 20.3 Å². The molecule has 4 nitrogen and oxygen atoms in total. The average molecular weight is 182 g/mol. The number of amides is 1. The van der Waals surface area contributed by atoms with Gasteiger partial charge in [-0.05, 0) is 20.3 Å². The van der Waals surface area contributed by atoms with Gasteiger partial charge in [0.05, 0.1) is 18.0 Å². The van der Waals surface area contributed by atoms with E-state index in [-0.39, 0.29) is 11.5 Å². The van der Waals surface area contributed by atoms with Crippen LogP contribution in [0, 0.1) is 16.7 Å². The number of carbonyl (C=O) groups is 1. The Morgan fingerprint density at radius 3 is 2.85 bits per heavy atom. The van der Waals surface area contributed by atoms with Gasteiger partial charge in [0.1, 0.15) is 6.61 Å². The summed E-state index contributed by atoms with van der Waals surface area (Å²) in [7, 11) is 0. The number of nitrogens with zero attached hydrogens (tertiary/aromatic N) is 2. The molecule has 0 radical (unpaired) electrons. The lowest BCUT2D eigenvalue weighted by atomic mass is 9.91. The minimum atomic E-state index is -0.358. The zero-order chi connectivity index (χ0) is 9.90. The highest BCUT2D eigenvalue weighted by Crippen LogP contribution is 2.19. The van der Waals surface area contributed by atoms with Crippen LogP contribution in [0.3, 0.4) is 0 Å².